The van der Waals surface area contributed by atoms with Crippen molar-refractivity contribution in [2.75, 3.05) is 37.7 Å². The van der Waals surface area contributed by atoms with Crippen LogP contribution in [-0.4, -0.2) is 32.8 Å². The zero-order chi connectivity index (χ0) is 14.5. The van der Waals surface area contributed by atoms with Crippen molar-refractivity contribution in [3.05, 3.63) is 46.7 Å². The van der Waals surface area contributed by atoms with Crippen molar-refractivity contribution in [1.82, 2.24) is 0 Å². The predicted molar refractivity (Wildman–Crippen MR) is 88.5 cm³/mol. The molecule has 1 saturated heterocycles. The van der Waals surface area contributed by atoms with Gasteiger partial charge in [-0.1, -0.05) is 18.2 Å². The number of nitrogens with one attached hydrogen (secondary N) is 1. The molecule has 1 aromatic heterocycles. The maximum Gasteiger partial charge on any atom is 0.142 e. The lowest BCUT2D eigenvalue weighted by Gasteiger charge is -2.34. The SMILES string of the molecule is CCOc1ccccc1N1CC[NH+](Cc2cccs2)CC1. The van der Waals surface area contributed by atoms with Crippen LogP contribution in [0.3, 0.4) is 0 Å². The monoisotopic (exact) mass is 303 g/mol. The molecule has 3 rings (SSSR count). The number of rotatable bonds is 5. The summed E-state index contributed by atoms with van der Waals surface area (Å²) in [5.74, 6) is 1.02. The Hall–Kier alpha value is -1.52. The molecule has 0 amide bonds. The highest BCUT2D eigenvalue weighted by Gasteiger charge is 2.22. The lowest BCUT2D eigenvalue weighted by atomic mass is 10.2. The fourth-order valence-corrected chi connectivity index (χ4v) is 3.67. The third-order valence-electron chi connectivity index (χ3n) is 3.98. The first kappa shape index (κ1) is 14.4. The van der Waals surface area contributed by atoms with E-state index in [2.05, 4.69) is 40.6 Å². The molecule has 1 fully saturated rings. The van der Waals surface area contributed by atoms with Gasteiger partial charge in [0.1, 0.15) is 12.3 Å². The van der Waals surface area contributed by atoms with Gasteiger partial charge in [-0.2, -0.15) is 0 Å². The Labute approximate surface area is 130 Å². The Bertz CT molecular complexity index is 548. The van der Waals surface area contributed by atoms with E-state index in [0.717, 1.165) is 25.4 Å². The van der Waals surface area contributed by atoms with Crippen LogP contribution < -0.4 is 14.5 Å². The van der Waals surface area contributed by atoms with E-state index in [4.69, 9.17) is 4.74 Å². The third kappa shape index (κ3) is 3.57. The Kier molecular flexibility index (Phi) is 4.78. The lowest BCUT2D eigenvalue weighted by molar-refractivity contribution is -0.914. The van der Waals surface area contributed by atoms with Crippen LogP contribution in [-0.2, 0) is 6.54 Å². The third-order valence-corrected chi connectivity index (χ3v) is 4.86. The first-order chi connectivity index (χ1) is 10.4. The largest absolute Gasteiger partial charge is 0.492 e. The molecule has 1 N–H and O–H groups in total. The Morgan fingerprint density at radius 3 is 2.67 bits per heavy atom. The molecule has 2 aromatic rings. The summed E-state index contributed by atoms with van der Waals surface area (Å²) in [6.07, 6.45) is 0. The quantitative estimate of drug-likeness (QED) is 0.910. The molecule has 0 bridgehead atoms. The van der Waals surface area contributed by atoms with Crippen molar-refractivity contribution in [2.45, 2.75) is 13.5 Å². The molecule has 1 aliphatic heterocycles. The van der Waals surface area contributed by atoms with Gasteiger partial charge in [-0.25, -0.2) is 0 Å². The van der Waals surface area contributed by atoms with Crippen LogP contribution >= 0.6 is 11.3 Å². The van der Waals surface area contributed by atoms with Gasteiger partial charge in [0, 0.05) is 0 Å². The van der Waals surface area contributed by atoms with Crippen LogP contribution in [0.5, 0.6) is 5.75 Å². The van der Waals surface area contributed by atoms with Gasteiger partial charge in [-0.15, -0.1) is 11.3 Å². The molecule has 21 heavy (non-hydrogen) atoms. The summed E-state index contributed by atoms with van der Waals surface area (Å²) in [4.78, 5) is 5.64. The van der Waals surface area contributed by atoms with E-state index in [1.807, 2.05) is 24.3 Å². The number of anilines is 1. The van der Waals surface area contributed by atoms with Gasteiger partial charge in [-0.05, 0) is 30.5 Å². The smallest absolute Gasteiger partial charge is 0.142 e. The second-order valence-electron chi connectivity index (χ2n) is 5.39. The molecule has 1 aliphatic rings. The molecule has 3 nitrogen and oxygen atoms in total. The summed E-state index contributed by atoms with van der Waals surface area (Å²) in [5, 5.41) is 2.17. The number of thiophene rings is 1. The van der Waals surface area contributed by atoms with Crippen LogP contribution in [0.25, 0.3) is 0 Å². The number of quaternary nitrogens is 1. The summed E-state index contributed by atoms with van der Waals surface area (Å²) in [5.41, 5.74) is 1.24. The minimum absolute atomic E-state index is 0.723. The van der Waals surface area contributed by atoms with E-state index in [1.54, 1.807) is 4.90 Å². The summed E-state index contributed by atoms with van der Waals surface area (Å²) in [7, 11) is 0. The van der Waals surface area contributed by atoms with Gasteiger partial charge in [0.2, 0.25) is 0 Å². The van der Waals surface area contributed by atoms with Crippen LogP contribution in [0.1, 0.15) is 11.8 Å². The van der Waals surface area contributed by atoms with Gasteiger partial charge in [0.05, 0.1) is 43.4 Å². The maximum absolute atomic E-state index is 5.76. The number of piperazine rings is 1. The molecule has 0 spiro atoms. The van der Waals surface area contributed by atoms with E-state index in [0.29, 0.717) is 0 Å². The number of benzene rings is 1. The molecule has 2 heterocycles. The van der Waals surface area contributed by atoms with E-state index >= 15 is 0 Å². The minimum atomic E-state index is 0.723. The van der Waals surface area contributed by atoms with Crippen LogP contribution in [0.4, 0.5) is 5.69 Å². The van der Waals surface area contributed by atoms with Gasteiger partial charge < -0.3 is 14.5 Å². The van der Waals surface area contributed by atoms with Crippen LogP contribution in [0.15, 0.2) is 41.8 Å². The van der Waals surface area contributed by atoms with Crippen molar-refractivity contribution in [3.63, 3.8) is 0 Å². The fourth-order valence-electron chi connectivity index (χ4n) is 2.90. The second kappa shape index (κ2) is 6.96. The zero-order valence-electron chi connectivity index (χ0n) is 12.5. The summed E-state index contributed by atoms with van der Waals surface area (Å²) in [6, 6.07) is 12.8. The standard InChI is InChI=1S/C17H22N2OS/c1-2-20-17-8-4-3-7-16(17)19-11-9-18(10-12-19)14-15-6-5-13-21-15/h3-8,13H,2,9-12,14H2,1H3/p+1. The zero-order valence-corrected chi connectivity index (χ0v) is 13.4. The number of nitrogens with zero attached hydrogens (tertiary/aromatic N) is 1. The number of para-hydroxylation sites is 2. The summed E-state index contributed by atoms with van der Waals surface area (Å²) < 4.78 is 5.76. The van der Waals surface area contributed by atoms with Gasteiger partial charge >= 0.3 is 0 Å². The Morgan fingerprint density at radius 2 is 1.95 bits per heavy atom. The van der Waals surface area contributed by atoms with E-state index in [9.17, 15) is 0 Å². The highest BCUT2D eigenvalue weighted by Crippen LogP contribution is 2.27. The van der Waals surface area contributed by atoms with Gasteiger partial charge in [0.25, 0.3) is 0 Å². The molecular formula is C17H23N2OS+. The lowest BCUT2D eigenvalue weighted by Crippen LogP contribution is -3.13. The fraction of sp³-hybridized carbons (Fsp3) is 0.412. The summed E-state index contributed by atoms with van der Waals surface area (Å²) >= 11 is 1.87. The van der Waals surface area contributed by atoms with Crippen molar-refractivity contribution in [3.8, 4) is 5.75 Å². The molecular weight excluding hydrogens is 280 g/mol. The molecule has 0 saturated carbocycles. The van der Waals surface area contributed by atoms with Gasteiger partial charge in [-0.3, -0.25) is 0 Å². The molecule has 1 aromatic carbocycles. The Morgan fingerprint density at radius 1 is 1.14 bits per heavy atom. The average molecular weight is 303 g/mol. The van der Waals surface area contributed by atoms with E-state index in [1.165, 1.54) is 30.2 Å². The van der Waals surface area contributed by atoms with Crippen molar-refractivity contribution >= 4 is 17.0 Å². The first-order valence-electron chi connectivity index (χ1n) is 7.69. The second-order valence-corrected chi connectivity index (χ2v) is 6.43. The number of ether oxygens (including phenoxy) is 1. The molecule has 0 radical (unpaired) electrons. The first-order valence-corrected chi connectivity index (χ1v) is 8.57. The highest BCUT2D eigenvalue weighted by atomic mass is 32.1. The number of hydrogen-bond acceptors (Lipinski definition) is 3. The Balaban J connectivity index is 1.60. The molecule has 0 atom stereocenters. The van der Waals surface area contributed by atoms with E-state index in [-0.39, 0.29) is 0 Å². The van der Waals surface area contributed by atoms with Gasteiger partial charge in [0.15, 0.2) is 0 Å². The highest BCUT2D eigenvalue weighted by molar-refractivity contribution is 7.09. The average Bonchev–Trinajstić information content (AvgIpc) is 3.02. The van der Waals surface area contributed by atoms with E-state index < -0.39 is 0 Å². The van der Waals surface area contributed by atoms with Crippen molar-refractivity contribution < 1.29 is 9.64 Å². The molecule has 0 aliphatic carbocycles. The van der Waals surface area contributed by atoms with Crippen molar-refractivity contribution in [1.29, 1.82) is 0 Å². The molecule has 0 unspecified atom stereocenters. The van der Waals surface area contributed by atoms with Crippen LogP contribution in [0.2, 0.25) is 0 Å². The number of hydrogen-bond donors (Lipinski definition) is 1. The predicted octanol–water partition coefficient (Wildman–Crippen LogP) is 2.05. The normalized spacial score (nSPS) is 16.1. The minimum Gasteiger partial charge on any atom is -0.492 e. The summed E-state index contributed by atoms with van der Waals surface area (Å²) in [6.45, 7) is 8.52. The molecule has 112 valence electrons. The topological polar surface area (TPSA) is 16.9 Å². The van der Waals surface area contributed by atoms with Crippen molar-refractivity contribution in [2.24, 2.45) is 0 Å². The molecule has 4 heteroatoms. The maximum atomic E-state index is 5.76. The van der Waals surface area contributed by atoms with Crippen LogP contribution in [0, 0.1) is 0 Å².